The van der Waals surface area contributed by atoms with Crippen molar-refractivity contribution in [2.24, 2.45) is 11.1 Å². The van der Waals surface area contributed by atoms with E-state index in [2.05, 4.69) is 13.6 Å². The first kappa shape index (κ1) is 16.4. The Kier molecular flexibility index (Phi) is 5.37. The van der Waals surface area contributed by atoms with Crippen LogP contribution < -0.4 is 15.4 Å². The molecule has 1 fully saturated rings. The Bertz CT molecular complexity index is 443. The first-order valence-corrected chi connectivity index (χ1v) is 7.84. The number of aliphatic hydroxyl groups is 1. The van der Waals surface area contributed by atoms with Gasteiger partial charge in [-0.15, -0.1) is 4.37 Å². The van der Waals surface area contributed by atoms with Crippen LogP contribution in [0.4, 0.5) is 5.82 Å². The predicted molar refractivity (Wildman–Crippen MR) is 81.9 cm³/mol. The summed E-state index contributed by atoms with van der Waals surface area (Å²) in [6, 6.07) is -0.365. The summed E-state index contributed by atoms with van der Waals surface area (Å²) < 4.78 is 19.4. The second-order valence-corrected chi connectivity index (χ2v) is 6.79. The fraction of sp³-hybridized carbons (Fsp3) is 0.846. The maximum atomic E-state index is 10.1. The van der Waals surface area contributed by atoms with Crippen LogP contribution in [0.5, 0.6) is 5.88 Å². The lowest BCUT2D eigenvalue weighted by molar-refractivity contribution is 0.0483. The molecule has 2 heterocycles. The molecule has 2 rings (SSSR count). The second-order valence-electron chi connectivity index (χ2n) is 6.26. The standard InChI is InChI=1S/C13H24N4O3S/c1-13(2,3)10(14)9(18)8-20-12-11(15-21-16-12)17-4-6-19-7-5-17/h9-10,18H,4-8,14H2,1-3H3. The number of anilines is 1. The number of ether oxygens (including phenoxy) is 2. The van der Waals surface area contributed by atoms with Crippen molar-refractivity contribution in [3.8, 4) is 5.88 Å². The minimum Gasteiger partial charge on any atom is -0.472 e. The molecule has 120 valence electrons. The molecular formula is C13H24N4O3S. The van der Waals surface area contributed by atoms with Crippen molar-refractivity contribution in [1.82, 2.24) is 8.75 Å². The average Bonchev–Trinajstić information content (AvgIpc) is 2.92. The molecule has 0 amide bonds. The number of nitrogens with two attached hydrogens (primary N) is 1. The summed E-state index contributed by atoms with van der Waals surface area (Å²) in [6.45, 7) is 8.97. The van der Waals surface area contributed by atoms with Crippen molar-refractivity contribution in [2.45, 2.75) is 32.9 Å². The van der Waals surface area contributed by atoms with E-state index in [1.165, 1.54) is 0 Å². The van der Waals surface area contributed by atoms with Crippen LogP contribution in [-0.2, 0) is 4.74 Å². The summed E-state index contributed by atoms with van der Waals surface area (Å²) >= 11 is 1.11. The molecule has 0 radical (unpaired) electrons. The number of hydrogen-bond donors (Lipinski definition) is 2. The van der Waals surface area contributed by atoms with Crippen LogP contribution in [0.1, 0.15) is 20.8 Å². The van der Waals surface area contributed by atoms with E-state index in [-0.39, 0.29) is 18.1 Å². The van der Waals surface area contributed by atoms with E-state index in [9.17, 15) is 5.11 Å². The highest BCUT2D eigenvalue weighted by Crippen LogP contribution is 2.27. The van der Waals surface area contributed by atoms with Crippen molar-refractivity contribution < 1.29 is 14.6 Å². The molecule has 0 bridgehead atoms. The number of aromatic nitrogens is 2. The first-order valence-electron chi connectivity index (χ1n) is 7.11. The minimum absolute atomic E-state index is 0.112. The predicted octanol–water partition coefficient (Wildman–Crippen LogP) is 0.488. The number of aliphatic hydroxyl groups excluding tert-OH is 1. The van der Waals surface area contributed by atoms with Crippen LogP contribution in [0.15, 0.2) is 0 Å². The molecule has 0 spiro atoms. The van der Waals surface area contributed by atoms with Gasteiger partial charge in [0, 0.05) is 19.1 Å². The van der Waals surface area contributed by atoms with Crippen LogP contribution in [-0.4, -0.2) is 58.9 Å². The molecule has 1 saturated heterocycles. The van der Waals surface area contributed by atoms with E-state index in [1.807, 2.05) is 20.8 Å². The fourth-order valence-corrected chi connectivity index (χ4v) is 2.60. The lowest BCUT2D eigenvalue weighted by Gasteiger charge is -2.31. The Balaban J connectivity index is 1.93. The van der Waals surface area contributed by atoms with Gasteiger partial charge < -0.3 is 25.2 Å². The maximum Gasteiger partial charge on any atom is 0.270 e. The van der Waals surface area contributed by atoms with Gasteiger partial charge in [0.2, 0.25) is 5.82 Å². The van der Waals surface area contributed by atoms with Crippen LogP contribution in [0, 0.1) is 5.41 Å². The molecule has 8 heteroatoms. The maximum absolute atomic E-state index is 10.1. The quantitative estimate of drug-likeness (QED) is 0.816. The van der Waals surface area contributed by atoms with E-state index in [0.717, 1.165) is 30.6 Å². The number of hydrogen-bond acceptors (Lipinski definition) is 8. The Labute approximate surface area is 129 Å². The van der Waals surface area contributed by atoms with Crippen LogP contribution >= 0.6 is 11.7 Å². The largest absolute Gasteiger partial charge is 0.472 e. The van der Waals surface area contributed by atoms with Crippen LogP contribution in [0.3, 0.4) is 0 Å². The molecule has 1 aliphatic heterocycles. The highest BCUT2D eigenvalue weighted by molar-refractivity contribution is 6.99. The summed E-state index contributed by atoms with van der Waals surface area (Å²) in [5, 5.41) is 10.1. The van der Waals surface area contributed by atoms with Crippen molar-refractivity contribution >= 4 is 17.5 Å². The number of morpholine rings is 1. The van der Waals surface area contributed by atoms with E-state index in [1.54, 1.807) is 0 Å². The lowest BCUT2D eigenvalue weighted by Crippen LogP contribution is -2.47. The summed E-state index contributed by atoms with van der Waals surface area (Å²) in [4.78, 5) is 2.08. The van der Waals surface area contributed by atoms with Gasteiger partial charge in [0.05, 0.1) is 24.9 Å². The Morgan fingerprint density at radius 3 is 2.67 bits per heavy atom. The summed E-state index contributed by atoms with van der Waals surface area (Å²) in [6.07, 6.45) is -0.746. The average molecular weight is 316 g/mol. The number of nitrogens with zero attached hydrogens (tertiary/aromatic N) is 3. The van der Waals surface area contributed by atoms with E-state index >= 15 is 0 Å². The van der Waals surface area contributed by atoms with Crippen LogP contribution in [0.2, 0.25) is 0 Å². The molecule has 0 aromatic carbocycles. The van der Waals surface area contributed by atoms with Gasteiger partial charge in [0.25, 0.3) is 5.88 Å². The first-order chi connectivity index (χ1) is 9.89. The fourth-order valence-electron chi connectivity index (χ4n) is 2.08. The van der Waals surface area contributed by atoms with Gasteiger partial charge in [-0.05, 0) is 5.41 Å². The second kappa shape index (κ2) is 6.87. The molecule has 21 heavy (non-hydrogen) atoms. The molecule has 1 aromatic heterocycles. The Morgan fingerprint density at radius 2 is 2.05 bits per heavy atom. The molecule has 0 saturated carbocycles. The molecular weight excluding hydrogens is 292 g/mol. The van der Waals surface area contributed by atoms with E-state index < -0.39 is 6.10 Å². The highest BCUT2D eigenvalue weighted by Gasteiger charge is 2.29. The molecule has 0 aliphatic carbocycles. The SMILES string of the molecule is CC(C)(C)C(N)C(O)COc1nsnc1N1CCOCC1. The Morgan fingerprint density at radius 1 is 1.38 bits per heavy atom. The third-order valence-electron chi connectivity index (χ3n) is 3.56. The molecule has 3 N–H and O–H groups in total. The minimum atomic E-state index is -0.746. The summed E-state index contributed by atoms with van der Waals surface area (Å²) in [5.74, 6) is 1.18. The van der Waals surface area contributed by atoms with Crippen molar-refractivity contribution in [3.05, 3.63) is 0 Å². The molecule has 7 nitrogen and oxygen atoms in total. The zero-order valence-corrected chi connectivity index (χ0v) is 13.6. The van der Waals surface area contributed by atoms with E-state index in [4.69, 9.17) is 15.2 Å². The smallest absolute Gasteiger partial charge is 0.270 e. The lowest BCUT2D eigenvalue weighted by atomic mass is 9.84. The van der Waals surface area contributed by atoms with Gasteiger partial charge >= 0.3 is 0 Å². The van der Waals surface area contributed by atoms with Crippen molar-refractivity contribution in [2.75, 3.05) is 37.8 Å². The summed E-state index contributed by atoms with van der Waals surface area (Å²) in [7, 11) is 0. The van der Waals surface area contributed by atoms with Gasteiger partial charge in [-0.2, -0.15) is 4.37 Å². The van der Waals surface area contributed by atoms with Gasteiger partial charge in [0.15, 0.2) is 0 Å². The van der Waals surface area contributed by atoms with Crippen molar-refractivity contribution in [1.29, 1.82) is 0 Å². The number of rotatable bonds is 5. The third kappa shape index (κ3) is 4.26. The van der Waals surface area contributed by atoms with Crippen LogP contribution in [0.25, 0.3) is 0 Å². The monoisotopic (exact) mass is 316 g/mol. The van der Waals surface area contributed by atoms with Gasteiger partial charge in [-0.25, -0.2) is 0 Å². The molecule has 1 aliphatic rings. The normalized spacial score (nSPS) is 19.4. The molecule has 2 atom stereocenters. The summed E-state index contributed by atoms with van der Waals surface area (Å²) in [5.41, 5.74) is 5.84. The van der Waals surface area contributed by atoms with Gasteiger partial charge in [0.1, 0.15) is 12.7 Å². The molecule has 2 unspecified atom stereocenters. The molecule has 1 aromatic rings. The topological polar surface area (TPSA) is 93.7 Å². The van der Waals surface area contributed by atoms with Gasteiger partial charge in [-0.3, -0.25) is 0 Å². The zero-order chi connectivity index (χ0) is 15.5. The van der Waals surface area contributed by atoms with Gasteiger partial charge in [-0.1, -0.05) is 20.8 Å². The third-order valence-corrected chi connectivity index (χ3v) is 4.06. The van der Waals surface area contributed by atoms with E-state index in [0.29, 0.717) is 19.1 Å². The Hall–Kier alpha value is -0.960. The zero-order valence-electron chi connectivity index (χ0n) is 12.8. The van der Waals surface area contributed by atoms with Crippen molar-refractivity contribution in [3.63, 3.8) is 0 Å². The highest BCUT2D eigenvalue weighted by atomic mass is 32.1.